The zero-order valence-corrected chi connectivity index (χ0v) is 15.3. The summed E-state index contributed by atoms with van der Waals surface area (Å²) in [5.41, 5.74) is 8.30. The van der Waals surface area contributed by atoms with Gasteiger partial charge in [-0.1, -0.05) is 65.0 Å². The molecule has 0 saturated heterocycles. The van der Waals surface area contributed by atoms with Crippen LogP contribution in [0.3, 0.4) is 0 Å². The molecule has 0 bridgehead atoms. The van der Waals surface area contributed by atoms with Gasteiger partial charge in [0.15, 0.2) is 0 Å². The van der Waals surface area contributed by atoms with E-state index in [-0.39, 0.29) is 10.8 Å². The summed E-state index contributed by atoms with van der Waals surface area (Å²) in [6.07, 6.45) is 3.02. The molecule has 1 aliphatic rings. The van der Waals surface area contributed by atoms with E-state index in [1.54, 1.807) is 0 Å². The average molecular weight is 315 g/mol. The van der Waals surface area contributed by atoms with Crippen LogP contribution in [0.1, 0.15) is 51.3 Å². The SMILES string of the molecule is CC(C)(C)Cc1cc2c3c(ccnc3c1)-c1ccccc1C2(C)C. The van der Waals surface area contributed by atoms with E-state index in [2.05, 4.69) is 77.1 Å². The normalized spacial score (nSPS) is 15.4. The van der Waals surface area contributed by atoms with Gasteiger partial charge in [-0.05, 0) is 51.8 Å². The highest BCUT2D eigenvalue weighted by Crippen LogP contribution is 2.48. The Labute approximate surface area is 144 Å². The van der Waals surface area contributed by atoms with Crippen molar-refractivity contribution in [1.29, 1.82) is 0 Å². The molecule has 0 saturated carbocycles. The number of hydrogen-bond acceptors (Lipinski definition) is 1. The van der Waals surface area contributed by atoms with Gasteiger partial charge in [-0.25, -0.2) is 0 Å². The van der Waals surface area contributed by atoms with E-state index in [1.807, 2.05) is 6.20 Å². The van der Waals surface area contributed by atoms with Crippen LogP contribution in [0.4, 0.5) is 0 Å². The monoisotopic (exact) mass is 315 g/mol. The van der Waals surface area contributed by atoms with Gasteiger partial charge < -0.3 is 0 Å². The van der Waals surface area contributed by atoms with Crippen molar-refractivity contribution in [2.45, 2.75) is 46.5 Å². The smallest absolute Gasteiger partial charge is 0.0714 e. The maximum Gasteiger partial charge on any atom is 0.0714 e. The molecule has 0 fully saturated rings. The maximum atomic E-state index is 4.71. The molecule has 1 aromatic heterocycles. The van der Waals surface area contributed by atoms with E-state index in [4.69, 9.17) is 4.98 Å². The predicted octanol–water partition coefficient (Wildman–Crippen LogP) is 6.13. The molecule has 0 atom stereocenters. The molecule has 122 valence electrons. The zero-order valence-electron chi connectivity index (χ0n) is 15.3. The fourth-order valence-electron chi connectivity index (χ4n) is 4.19. The molecule has 4 rings (SSSR count). The largest absolute Gasteiger partial charge is 0.256 e. The van der Waals surface area contributed by atoms with Crippen molar-refractivity contribution in [3.63, 3.8) is 0 Å². The van der Waals surface area contributed by atoms with E-state index in [9.17, 15) is 0 Å². The molecular weight excluding hydrogens is 290 g/mol. The van der Waals surface area contributed by atoms with Gasteiger partial charge in [-0.15, -0.1) is 0 Å². The number of benzene rings is 2. The van der Waals surface area contributed by atoms with Gasteiger partial charge in [0, 0.05) is 17.0 Å². The van der Waals surface area contributed by atoms with Gasteiger partial charge in [0.05, 0.1) is 5.52 Å². The molecule has 0 aliphatic heterocycles. The summed E-state index contributed by atoms with van der Waals surface area (Å²) in [7, 11) is 0. The molecule has 0 N–H and O–H groups in total. The lowest BCUT2D eigenvalue weighted by Gasteiger charge is -2.35. The first-order chi connectivity index (χ1) is 11.3. The topological polar surface area (TPSA) is 12.9 Å². The standard InChI is InChI=1S/C23H25N/c1-22(2,3)14-15-12-19-21-17(10-11-24-20(21)13-15)16-8-6-7-9-18(16)23(19,4)5/h6-13H,14H2,1-5H3. The predicted molar refractivity (Wildman–Crippen MR) is 102 cm³/mol. The Balaban J connectivity index is 2.08. The van der Waals surface area contributed by atoms with Crippen LogP contribution in [-0.4, -0.2) is 4.98 Å². The van der Waals surface area contributed by atoms with Crippen LogP contribution >= 0.6 is 0 Å². The van der Waals surface area contributed by atoms with Crippen LogP contribution in [0, 0.1) is 5.41 Å². The van der Waals surface area contributed by atoms with Gasteiger partial charge in [0.1, 0.15) is 0 Å². The Morgan fingerprint density at radius 2 is 1.67 bits per heavy atom. The number of rotatable bonds is 1. The van der Waals surface area contributed by atoms with Crippen LogP contribution < -0.4 is 0 Å². The third-order valence-corrected chi connectivity index (χ3v) is 5.20. The highest BCUT2D eigenvalue weighted by molar-refractivity contribution is 6.01. The number of nitrogens with zero attached hydrogens (tertiary/aromatic N) is 1. The minimum absolute atomic E-state index is 0.00122. The first-order valence-corrected chi connectivity index (χ1v) is 8.79. The van der Waals surface area contributed by atoms with Gasteiger partial charge in [-0.3, -0.25) is 4.98 Å². The lowest BCUT2D eigenvalue weighted by Crippen LogP contribution is -2.24. The third-order valence-electron chi connectivity index (χ3n) is 5.20. The zero-order chi connectivity index (χ0) is 17.1. The van der Waals surface area contributed by atoms with Crippen molar-refractivity contribution in [3.05, 3.63) is 65.4 Å². The van der Waals surface area contributed by atoms with Crippen molar-refractivity contribution in [2.24, 2.45) is 5.41 Å². The molecule has 3 aromatic rings. The van der Waals surface area contributed by atoms with Gasteiger partial charge in [-0.2, -0.15) is 0 Å². The molecule has 0 radical (unpaired) electrons. The molecule has 1 nitrogen and oxygen atoms in total. The quantitative estimate of drug-likeness (QED) is 0.526. The number of aromatic nitrogens is 1. The Bertz CT molecular complexity index is 942. The molecule has 0 unspecified atom stereocenters. The second-order valence-electron chi connectivity index (χ2n) is 8.80. The summed E-state index contributed by atoms with van der Waals surface area (Å²) in [5.74, 6) is 0. The number of hydrogen-bond donors (Lipinski definition) is 0. The Kier molecular flexibility index (Phi) is 3.16. The number of fused-ring (bicyclic) bond motifs is 2. The van der Waals surface area contributed by atoms with Crippen LogP contribution in [0.5, 0.6) is 0 Å². The van der Waals surface area contributed by atoms with Crippen molar-refractivity contribution in [3.8, 4) is 11.1 Å². The molecule has 1 heteroatoms. The van der Waals surface area contributed by atoms with E-state index in [1.165, 1.54) is 33.2 Å². The van der Waals surface area contributed by atoms with Gasteiger partial charge in [0.25, 0.3) is 0 Å². The van der Waals surface area contributed by atoms with Crippen molar-refractivity contribution < 1.29 is 0 Å². The summed E-state index contributed by atoms with van der Waals surface area (Å²) >= 11 is 0. The average Bonchev–Trinajstić information content (AvgIpc) is 2.51. The second kappa shape index (κ2) is 4.92. The van der Waals surface area contributed by atoms with E-state index < -0.39 is 0 Å². The molecule has 24 heavy (non-hydrogen) atoms. The first-order valence-electron chi connectivity index (χ1n) is 8.79. The van der Waals surface area contributed by atoms with Crippen LogP contribution in [0.15, 0.2) is 48.7 Å². The fraction of sp³-hybridized carbons (Fsp3) is 0.348. The van der Waals surface area contributed by atoms with Crippen LogP contribution in [0.25, 0.3) is 22.0 Å². The molecule has 1 heterocycles. The van der Waals surface area contributed by atoms with Crippen LogP contribution in [0.2, 0.25) is 0 Å². The second-order valence-corrected chi connectivity index (χ2v) is 8.80. The highest BCUT2D eigenvalue weighted by Gasteiger charge is 2.33. The van der Waals surface area contributed by atoms with E-state index >= 15 is 0 Å². The summed E-state index contributed by atoms with van der Waals surface area (Å²) in [4.78, 5) is 4.71. The van der Waals surface area contributed by atoms with Gasteiger partial charge in [0.2, 0.25) is 0 Å². The summed E-state index contributed by atoms with van der Waals surface area (Å²) in [5, 5.41) is 1.33. The molecule has 1 aliphatic carbocycles. The molecular formula is C23H25N. The van der Waals surface area contributed by atoms with E-state index in [0.717, 1.165) is 11.9 Å². The summed E-state index contributed by atoms with van der Waals surface area (Å²) in [6.45, 7) is 11.6. The molecule has 2 aromatic carbocycles. The van der Waals surface area contributed by atoms with Gasteiger partial charge >= 0.3 is 0 Å². The van der Waals surface area contributed by atoms with Crippen LogP contribution in [-0.2, 0) is 11.8 Å². The Hall–Kier alpha value is -2.15. The molecule has 0 spiro atoms. The summed E-state index contributed by atoms with van der Waals surface area (Å²) in [6, 6.07) is 15.7. The van der Waals surface area contributed by atoms with Crippen molar-refractivity contribution >= 4 is 10.9 Å². The van der Waals surface area contributed by atoms with Crippen molar-refractivity contribution in [2.75, 3.05) is 0 Å². The lowest BCUT2D eigenvalue weighted by atomic mass is 9.68. The fourth-order valence-corrected chi connectivity index (χ4v) is 4.19. The Morgan fingerprint density at radius 1 is 0.917 bits per heavy atom. The first kappa shape index (κ1) is 15.4. The van der Waals surface area contributed by atoms with E-state index in [0.29, 0.717) is 0 Å². The highest BCUT2D eigenvalue weighted by atomic mass is 14.7. The molecule has 0 amide bonds. The van der Waals surface area contributed by atoms with Crippen molar-refractivity contribution in [1.82, 2.24) is 4.98 Å². The minimum atomic E-state index is -0.00122. The lowest BCUT2D eigenvalue weighted by molar-refractivity contribution is 0.411. The Morgan fingerprint density at radius 3 is 2.42 bits per heavy atom. The number of pyridine rings is 1. The summed E-state index contributed by atoms with van der Waals surface area (Å²) < 4.78 is 0. The maximum absolute atomic E-state index is 4.71. The third kappa shape index (κ3) is 2.26. The minimum Gasteiger partial charge on any atom is -0.256 e.